The fourth-order valence-corrected chi connectivity index (χ4v) is 8.04. The van der Waals surface area contributed by atoms with Crippen molar-refractivity contribution in [1.82, 2.24) is 37.8 Å². The van der Waals surface area contributed by atoms with Crippen molar-refractivity contribution in [2.45, 2.75) is 31.1 Å². The second-order valence-corrected chi connectivity index (χ2v) is 16.5. The van der Waals surface area contributed by atoms with Crippen LogP contribution >= 0.6 is 0 Å². The van der Waals surface area contributed by atoms with Gasteiger partial charge in [0.1, 0.15) is 10.6 Å². The Labute approximate surface area is 390 Å². The van der Waals surface area contributed by atoms with Crippen molar-refractivity contribution in [2.75, 3.05) is 0 Å². The van der Waals surface area contributed by atoms with Gasteiger partial charge in [0.25, 0.3) is 21.2 Å². The summed E-state index contributed by atoms with van der Waals surface area (Å²) in [6, 6.07) is 21.9. The molecule has 356 valence electrons. The van der Waals surface area contributed by atoms with Crippen LogP contribution in [0, 0.1) is 27.0 Å². The minimum absolute atomic E-state index is 0.0170. The monoisotopic (exact) mass is 982 g/mol. The lowest BCUT2D eigenvalue weighted by molar-refractivity contribution is -0.138. The van der Waals surface area contributed by atoms with Gasteiger partial charge in [-0.25, -0.2) is 28.6 Å². The SMILES string of the molecule is [C-]#[N+]c1ccc(-n2ncc(S(=O)(=O)O)c2-c2c(C)n(-c3cccc(C(F)(F)F)c3)c(=O)n(C)c2=O)cc1.[C-]#[N+]c1ccc(-n2nccc2-c2c(C)n(-c3cccc(C(F)(F)F)c3)c(=O)n(C)c2=O)cc1. The van der Waals surface area contributed by atoms with Crippen LogP contribution in [-0.2, 0) is 36.6 Å². The fourth-order valence-electron chi connectivity index (χ4n) is 7.43. The van der Waals surface area contributed by atoms with Crippen LogP contribution in [0.2, 0.25) is 0 Å². The van der Waals surface area contributed by atoms with E-state index in [1.165, 1.54) is 74.2 Å². The van der Waals surface area contributed by atoms with Crippen molar-refractivity contribution in [1.29, 1.82) is 0 Å². The molecule has 70 heavy (non-hydrogen) atoms. The van der Waals surface area contributed by atoms with Crippen LogP contribution in [0.15, 0.2) is 140 Å². The van der Waals surface area contributed by atoms with E-state index < -0.39 is 72.2 Å². The molecule has 8 aromatic rings. The second kappa shape index (κ2) is 18.3. The molecule has 0 radical (unpaired) electrons. The lowest BCUT2D eigenvalue weighted by Gasteiger charge is -2.18. The molecule has 0 aliphatic heterocycles. The Bertz CT molecular complexity index is 3830. The Morgan fingerprint density at radius 2 is 1.01 bits per heavy atom. The standard InChI is InChI=1S/C23H16F3N5O5S.C23H16F3N5O2/c1-13-19(20-18(37(34,35)36)12-28-31(20)16-9-7-15(27-2)8-10-16)21(32)29(3)22(33)30(13)17-6-4-5-14(11-17)23(24,25)26;1-14-20(19-11-12-28-31(19)17-9-7-16(27-2)8-10-17)21(32)29(3)22(33)30(14)18-6-4-5-15(13-18)23(24,25)26/h4-12H,1,3H3,(H,34,35,36);4-13H,1,3H3. The Hall–Kier alpha value is -8.87. The van der Waals surface area contributed by atoms with Crippen LogP contribution in [0.3, 0.4) is 0 Å². The highest BCUT2D eigenvalue weighted by Gasteiger charge is 2.33. The van der Waals surface area contributed by atoms with Gasteiger partial charge in [0, 0.05) is 25.5 Å². The summed E-state index contributed by atoms with van der Waals surface area (Å²) >= 11 is 0. The van der Waals surface area contributed by atoms with Crippen LogP contribution in [0.25, 0.3) is 55.0 Å². The van der Waals surface area contributed by atoms with Crippen molar-refractivity contribution < 1.29 is 39.3 Å². The quantitative estimate of drug-likeness (QED) is 0.0946. The third kappa shape index (κ3) is 9.11. The van der Waals surface area contributed by atoms with E-state index in [0.29, 0.717) is 27.7 Å². The van der Waals surface area contributed by atoms with E-state index in [1.54, 1.807) is 30.3 Å². The highest BCUT2D eigenvalue weighted by Crippen LogP contribution is 2.34. The Morgan fingerprint density at radius 3 is 1.44 bits per heavy atom. The Balaban J connectivity index is 0.000000208. The molecule has 0 aliphatic rings. The smallest absolute Gasteiger partial charge is 0.282 e. The van der Waals surface area contributed by atoms with E-state index in [4.69, 9.17) is 13.1 Å². The van der Waals surface area contributed by atoms with E-state index in [1.807, 2.05) is 0 Å². The molecule has 8 rings (SSSR count). The number of rotatable bonds is 7. The van der Waals surface area contributed by atoms with Gasteiger partial charge in [-0.3, -0.25) is 32.4 Å². The number of benzene rings is 4. The van der Waals surface area contributed by atoms with E-state index in [9.17, 15) is 58.5 Å². The van der Waals surface area contributed by atoms with Crippen LogP contribution in [0.4, 0.5) is 37.7 Å². The molecule has 4 aromatic heterocycles. The van der Waals surface area contributed by atoms with Gasteiger partial charge >= 0.3 is 23.7 Å². The zero-order valence-electron chi connectivity index (χ0n) is 36.5. The number of aromatic nitrogens is 8. The van der Waals surface area contributed by atoms with Crippen LogP contribution in [0.1, 0.15) is 22.5 Å². The van der Waals surface area contributed by atoms with E-state index in [2.05, 4.69) is 19.9 Å². The van der Waals surface area contributed by atoms with Crippen molar-refractivity contribution >= 4 is 21.5 Å². The first-order chi connectivity index (χ1) is 32.9. The predicted octanol–water partition coefficient (Wildman–Crippen LogP) is 7.78. The Kier molecular flexibility index (Phi) is 12.8. The van der Waals surface area contributed by atoms with Crippen molar-refractivity contribution in [2.24, 2.45) is 14.1 Å². The summed E-state index contributed by atoms with van der Waals surface area (Å²) in [5.41, 5.74) is -4.46. The van der Waals surface area contributed by atoms with Gasteiger partial charge in [0.2, 0.25) is 0 Å². The molecular weight excluding hydrogens is 951 g/mol. The number of alkyl halides is 6. The molecule has 0 amide bonds. The molecule has 0 saturated carbocycles. The van der Waals surface area contributed by atoms with Crippen LogP contribution in [0.5, 0.6) is 0 Å². The van der Waals surface area contributed by atoms with Gasteiger partial charge in [0.05, 0.1) is 76.2 Å². The van der Waals surface area contributed by atoms with E-state index >= 15 is 0 Å². The van der Waals surface area contributed by atoms with Gasteiger partial charge in [-0.05, 0) is 80.6 Å². The molecule has 0 fully saturated rings. The van der Waals surface area contributed by atoms with Gasteiger partial charge in [-0.15, -0.1) is 0 Å². The van der Waals surface area contributed by atoms with Crippen molar-refractivity contribution in [3.63, 3.8) is 0 Å². The Morgan fingerprint density at radius 1 is 0.586 bits per heavy atom. The van der Waals surface area contributed by atoms with Gasteiger partial charge in [-0.2, -0.15) is 45.0 Å². The zero-order valence-corrected chi connectivity index (χ0v) is 37.3. The lowest BCUT2D eigenvalue weighted by Crippen LogP contribution is -2.40. The van der Waals surface area contributed by atoms with E-state index in [0.717, 1.165) is 55.9 Å². The third-order valence-corrected chi connectivity index (χ3v) is 11.7. The van der Waals surface area contributed by atoms with Crippen molar-refractivity contribution in [3.05, 3.63) is 203 Å². The molecule has 0 aliphatic carbocycles. The minimum Gasteiger partial charge on any atom is -0.282 e. The minimum atomic E-state index is -4.96. The average Bonchev–Trinajstić information content (AvgIpc) is 3.99. The van der Waals surface area contributed by atoms with Gasteiger partial charge in [0.15, 0.2) is 11.4 Å². The predicted molar refractivity (Wildman–Crippen MR) is 241 cm³/mol. The summed E-state index contributed by atoms with van der Waals surface area (Å²) < 4.78 is 120. The largest absolute Gasteiger partial charge is 0.416 e. The van der Waals surface area contributed by atoms with Crippen molar-refractivity contribution in [3.8, 4) is 45.3 Å². The topological polar surface area (TPSA) is 187 Å². The van der Waals surface area contributed by atoms with Crippen LogP contribution < -0.4 is 22.5 Å². The fraction of sp³-hybridized carbons (Fsp3) is 0.130. The molecular formula is C46H32F6N10O7S. The summed E-state index contributed by atoms with van der Waals surface area (Å²) in [4.78, 5) is 58.2. The summed E-state index contributed by atoms with van der Waals surface area (Å²) in [6.07, 6.45) is -7.04. The number of nitrogens with zero attached hydrogens (tertiary/aromatic N) is 10. The first kappa shape index (κ1) is 49.0. The summed E-state index contributed by atoms with van der Waals surface area (Å²) in [6.45, 7) is 16.9. The molecule has 17 nitrogen and oxygen atoms in total. The summed E-state index contributed by atoms with van der Waals surface area (Å²) in [7, 11) is -2.61. The molecule has 0 spiro atoms. The number of hydrogen-bond acceptors (Lipinski definition) is 8. The molecule has 1 N–H and O–H groups in total. The highest BCUT2D eigenvalue weighted by molar-refractivity contribution is 7.86. The molecule has 0 saturated heterocycles. The molecule has 4 heterocycles. The third-order valence-electron chi connectivity index (χ3n) is 10.8. The molecule has 0 bridgehead atoms. The zero-order chi connectivity index (χ0) is 51.2. The summed E-state index contributed by atoms with van der Waals surface area (Å²) in [5.74, 6) is 0. The van der Waals surface area contributed by atoms with Gasteiger partial charge in [-0.1, -0.05) is 36.4 Å². The maximum Gasteiger partial charge on any atom is 0.416 e. The second-order valence-electron chi connectivity index (χ2n) is 15.1. The first-order valence-electron chi connectivity index (χ1n) is 20.0. The summed E-state index contributed by atoms with van der Waals surface area (Å²) in [5, 5.41) is 8.24. The normalized spacial score (nSPS) is 11.7. The highest BCUT2D eigenvalue weighted by atomic mass is 32.2. The molecule has 4 aromatic carbocycles. The number of halogens is 6. The lowest BCUT2D eigenvalue weighted by atomic mass is 10.1. The maximum absolute atomic E-state index is 13.3. The van der Waals surface area contributed by atoms with E-state index in [-0.39, 0.29) is 39.7 Å². The molecule has 0 atom stereocenters. The van der Waals surface area contributed by atoms with Gasteiger partial charge < -0.3 is 0 Å². The maximum atomic E-state index is 13.3. The molecule has 24 heteroatoms. The molecule has 0 unspecified atom stereocenters. The first-order valence-corrected chi connectivity index (χ1v) is 21.4. The number of hydrogen-bond donors (Lipinski definition) is 1. The average molecular weight is 983 g/mol. The van der Waals surface area contributed by atoms with Crippen LogP contribution in [-0.4, -0.2) is 50.8 Å².